The maximum Gasteiger partial charge on any atom is 0.573 e. The molecule has 3 aliphatic rings. The van der Waals surface area contributed by atoms with Crippen molar-refractivity contribution in [3.63, 3.8) is 0 Å². The summed E-state index contributed by atoms with van der Waals surface area (Å²) in [5, 5.41) is 4.74. The van der Waals surface area contributed by atoms with Crippen LogP contribution in [-0.4, -0.2) is 57.9 Å². The summed E-state index contributed by atoms with van der Waals surface area (Å²) in [5.41, 5.74) is 7.94. The maximum absolute atomic E-state index is 12.8. The zero-order chi connectivity index (χ0) is 24.4. The molecule has 0 spiro atoms. The van der Waals surface area contributed by atoms with Crippen LogP contribution in [0.4, 0.5) is 19.0 Å². The normalized spacial score (nSPS) is 26.1. The Morgan fingerprint density at radius 2 is 1.85 bits per heavy atom. The maximum atomic E-state index is 12.8. The number of piperidine rings is 1. The molecular weight excluding hydrogens is 447 g/mol. The average molecular weight is 480 g/mol. The van der Waals surface area contributed by atoms with Gasteiger partial charge in [0.25, 0.3) is 0 Å². The molecule has 3 fully saturated rings. The Bertz CT molecular complexity index is 1050. The first-order valence-corrected chi connectivity index (χ1v) is 11.9. The predicted molar refractivity (Wildman–Crippen MR) is 121 cm³/mol. The summed E-state index contributed by atoms with van der Waals surface area (Å²) >= 11 is 0. The number of aromatic nitrogens is 3. The van der Waals surface area contributed by atoms with Gasteiger partial charge < -0.3 is 15.2 Å². The number of pyridine rings is 1. The Hall–Kier alpha value is -2.33. The molecule has 0 aromatic carbocycles. The minimum atomic E-state index is -4.84. The fourth-order valence-electron chi connectivity index (χ4n) is 5.89. The van der Waals surface area contributed by atoms with Crippen LogP contribution in [0.15, 0.2) is 18.3 Å². The van der Waals surface area contributed by atoms with E-state index in [0.717, 1.165) is 38.4 Å². The van der Waals surface area contributed by atoms with Crippen LogP contribution in [0.2, 0.25) is 0 Å². The lowest BCUT2D eigenvalue weighted by atomic mass is 9.85. The molecule has 1 unspecified atom stereocenters. The summed E-state index contributed by atoms with van der Waals surface area (Å²) in [5.74, 6) is 1.35. The molecule has 2 N–H and O–H groups in total. The molecule has 186 valence electrons. The summed E-state index contributed by atoms with van der Waals surface area (Å²) in [4.78, 5) is 6.53. The molecule has 0 bridgehead atoms. The lowest BCUT2D eigenvalue weighted by Gasteiger charge is -2.50. The SMILES string of the molecule is CC(C)CC1(N2C[C@@H]3C(c4cc(-c5cnc(N)c(OC(F)(F)F)c5)nn4C(C)C)[C@@H]3C2)COC1. The molecule has 1 saturated carbocycles. The number of rotatable bonds is 7. The van der Waals surface area contributed by atoms with Gasteiger partial charge in [-0.1, -0.05) is 13.8 Å². The molecule has 5 rings (SSSR count). The molecule has 3 atom stereocenters. The number of anilines is 1. The predicted octanol–water partition coefficient (Wildman–Crippen LogP) is 4.47. The topological polar surface area (TPSA) is 78.4 Å². The molecule has 10 heteroatoms. The fraction of sp³-hybridized carbons (Fsp3) is 0.667. The number of fused-ring (bicyclic) bond motifs is 1. The third kappa shape index (κ3) is 4.15. The molecule has 7 nitrogen and oxygen atoms in total. The van der Waals surface area contributed by atoms with Crippen molar-refractivity contribution in [1.29, 1.82) is 0 Å². The highest BCUT2D eigenvalue weighted by atomic mass is 19.4. The van der Waals surface area contributed by atoms with Crippen molar-refractivity contribution < 1.29 is 22.6 Å². The molecule has 2 aromatic rings. The van der Waals surface area contributed by atoms with E-state index >= 15 is 0 Å². The quantitative estimate of drug-likeness (QED) is 0.632. The number of nitrogen functional groups attached to an aromatic ring is 1. The number of alkyl halides is 3. The fourth-order valence-corrected chi connectivity index (χ4v) is 5.89. The molecule has 34 heavy (non-hydrogen) atoms. The highest BCUT2D eigenvalue weighted by Gasteiger charge is 2.61. The zero-order valence-electron chi connectivity index (χ0n) is 20.0. The van der Waals surface area contributed by atoms with Gasteiger partial charge in [-0.05, 0) is 50.2 Å². The highest BCUT2D eigenvalue weighted by Crippen LogP contribution is 2.60. The number of halogens is 3. The number of hydrogen-bond acceptors (Lipinski definition) is 6. The number of hydrogen-bond donors (Lipinski definition) is 1. The lowest BCUT2D eigenvalue weighted by molar-refractivity contribution is -0.274. The Balaban J connectivity index is 1.37. The van der Waals surface area contributed by atoms with Gasteiger partial charge in [0.15, 0.2) is 11.6 Å². The number of nitrogens with zero attached hydrogens (tertiary/aromatic N) is 4. The summed E-state index contributed by atoms with van der Waals surface area (Å²) in [6, 6.07) is 3.38. The van der Waals surface area contributed by atoms with Gasteiger partial charge >= 0.3 is 6.36 Å². The first-order valence-electron chi connectivity index (χ1n) is 11.9. The van der Waals surface area contributed by atoms with Crippen molar-refractivity contribution in [1.82, 2.24) is 19.7 Å². The standard InChI is InChI=1S/C24H32F3N5O2/c1-13(2)7-23(11-33-12-23)31-9-16-17(10-31)21(16)19-6-18(30-32(19)14(3)4)15-5-20(22(28)29-8-15)34-24(25,26)27/h5-6,8,13-14,16-17,21H,7,9-12H2,1-4H3,(H2,28,29)/t16-,17+,21?. The number of ether oxygens (including phenoxy) is 2. The van der Waals surface area contributed by atoms with Crippen LogP contribution < -0.4 is 10.5 Å². The van der Waals surface area contributed by atoms with Crippen molar-refractivity contribution in [3.8, 4) is 17.0 Å². The first-order chi connectivity index (χ1) is 16.0. The van der Waals surface area contributed by atoms with E-state index in [1.165, 1.54) is 12.3 Å². The second kappa shape index (κ2) is 8.12. The molecular formula is C24H32F3N5O2. The Morgan fingerprint density at radius 1 is 1.18 bits per heavy atom. The smallest absolute Gasteiger partial charge is 0.402 e. The summed E-state index contributed by atoms with van der Waals surface area (Å²) in [6.45, 7) is 12.4. The van der Waals surface area contributed by atoms with Crippen molar-refractivity contribution in [2.75, 3.05) is 32.0 Å². The molecule has 0 amide bonds. The Labute approximate surface area is 197 Å². The largest absolute Gasteiger partial charge is 0.573 e. The molecule has 2 saturated heterocycles. The van der Waals surface area contributed by atoms with Crippen molar-refractivity contribution in [2.45, 2.75) is 58.0 Å². The van der Waals surface area contributed by atoms with Gasteiger partial charge in [0, 0.05) is 42.5 Å². The molecule has 2 aliphatic heterocycles. The van der Waals surface area contributed by atoms with Crippen LogP contribution in [0.3, 0.4) is 0 Å². The molecule has 1 aliphatic carbocycles. The average Bonchev–Trinajstić information content (AvgIpc) is 3.05. The minimum absolute atomic E-state index is 0.126. The third-order valence-corrected chi connectivity index (χ3v) is 7.39. The molecule has 4 heterocycles. The van der Waals surface area contributed by atoms with Gasteiger partial charge in [0.2, 0.25) is 0 Å². The molecule has 2 aromatic heterocycles. The van der Waals surface area contributed by atoms with Crippen molar-refractivity contribution in [3.05, 3.63) is 24.0 Å². The lowest BCUT2D eigenvalue weighted by Crippen LogP contribution is -2.62. The van der Waals surface area contributed by atoms with Crippen molar-refractivity contribution >= 4 is 5.82 Å². The summed E-state index contributed by atoms with van der Waals surface area (Å²) in [7, 11) is 0. The van der Waals surface area contributed by atoms with Gasteiger partial charge in [-0.25, -0.2) is 4.98 Å². The van der Waals surface area contributed by atoms with Crippen LogP contribution >= 0.6 is 0 Å². The zero-order valence-corrected chi connectivity index (χ0v) is 20.0. The van der Waals surface area contributed by atoms with E-state index in [2.05, 4.69) is 42.3 Å². The van der Waals surface area contributed by atoms with E-state index < -0.39 is 12.1 Å². The first kappa shape index (κ1) is 23.4. The van der Waals surface area contributed by atoms with Crippen LogP contribution in [0, 0.1) is 17.8 Å². The van der Waals surface area contributed by atoms with E-state index in [9.17, 15) is 13.2 Å². The van der Waals surface area contributed by atoms with E-state index in [1.54, 1.807) is 0 Å². The number of likely N-dealkylation sites (tertiary alicyclic amines) is 1. The van der Waals surface area contributed by atoms with E-state index in [-0.39, 0.29) is 17.4 Å². The highest BCUT2D eigenvalue weighted by molar-refractivity contribution is 5.64. The van der Waals surface area contributed by atoms with Crippen molar-refractivity contribution in [2.24, 2.45) is 17.8 Å². The minimum Gasteiger partial charge on any atom is -0.402 e. The second-order valence-corrected chi connectivity index (χ2v) is 10.7. The van der Waals surface area contributed by atoms with Gasteiger partial charge in [0.05, 0.1) is 24.4 Å². The van der Waals surface area contributed by atoms with Gasteiger partial charge in [-0.2, -0.15) is 5.10 Å². The van der Waals surface area contributed by atoms with E-state index in [0.29, 0.717) is 34.9 Å². The van der Waals surface area contributed by atoms with Crippen LogP contribution in [-0.2, 0) is 4.74 Å². The number of nitrogens with two attached hydrogens (primary N) is 1. The van der Waals surface area contributed by atoms with Gasteiger partial charge in [-0.3, -0.25) is 9.58 Å². The monoisotopic (exact) mass is 479 g/mol. The van der Waals surface area contributed by atoms with Crippen LogP contribution in [0.1, 0.15) is 51.8 Å². The second-order valence-electron chi connectivity index (χ2n) is 10.7. The van der Waals surface area contributed by atoms with E-state index in [4.69, 9.17) is 15.6 Å². The Morgan fingerprint density at radius 3 is 2.38 bits per heavy atom. The third-order valence-electron chi connectivity index (χ3n) is 7.39. The van der Waals surface area contributed by atoms with Gasteiger partial charge in [0.1, 0.15) is 0 Å². The summed E-state index contributed by atoms with van der Waals surface area (Å²) < 4.78 is 49.9. The van der Waals surface area contributed by atoms with E-state index in [1.807, 2.05) is 10.7 Å². The Kier molecular flexibility index (Phi) is 5.59. The van der Waals surface area contributed by atoms with Crippen LogP contribution in [0.5, 0.6) is 5.75 Å². The van der Waals surface area contributed by atoms with Crippen LogP contribution in [0.25, 0.3) is 11.3 Å². The molecule has 0 radical (unpaired) electrons. The summed E-state index contributed by atoms with van der Waals surface area (Å²) in [6.07, 6.45) is -2.25. The van der Waals surface area contributed by atoms with Gasteiger partial charge in [-0.15, -0.1) is 13.2 Å².